The van der Waals surface area contributed by atoms with Gasteiger partial charge < -0.3 is 14.4 Å². The fourth-order valence-electron chi connectivity index (χ4n) is 3.70. The summed E-state index contributed by atoms with van der Waals surface area (Å²) >= 11 is 0. The number of anilines is 1. The molecule has 1 amide bonds. The van der Waals surface area contributed by atoms with Crippen LogP contribution in [0.4, 0.5) is 10.1 Å². The van der Waals surface area contributed by atoms with Gasteiger partial charge in [-0.1, -0.05) is 0 Å². The maximum absolute atomic E-state index is 13.4. The van der Waals surface area contributed by atoms with E-state index in [0.29, 0.717) is 50.4 Å². The number of hydrogen-bond donors (Lipinski definition) is 1. The number of amides is 1. The summed E-state index contributed by atoms with van der Waals surface area (Å²) in [5.41, 5.74) is 1.04. The van der Waals surface area contributed by atoms with Crippen LogP contribution >= 0.6 is 0 Å². The number of nitrogens with zero attached hydrogens (tertiary/aromatic N) is 1. The molecule has 0 unspecified atom stereocenters. The van der Waals surface area contributed by atoms with E-state index < -0.39 is 21.6 Å². The van der Waals surface area contributed by atoms with E-state index in [0.717, 1.165) is 6.07 Å². The molecule has 2 aromatic rings. The number of halogens is 1. The van der Waals surface area contributed by atoms with Crippen LogP contribution in [0, 0.1) is 12.7 Å². The van der Waals surface area contributed by atoms with E-state index in [1.54, 1.807) is 17.0 Å². The molecule has 7 nitrogen and oxygen atoms in total. The number of sulfonamides is 1. The Morgan fingerprint density at radius 2 is 1.70 bits per heavy atom. The van der Waals surface area contributed by atoms with E-state index in [9.17, 15) is 17.6 Å². The Balaban J connectivity index is 1.41. The van der Waals surface area contributed by atoms with Gasteiger partial charge in [-0.15, -0.1) is 0 Å². The Bertz CT molecular complexity index is 1040. The molecule has 0 bridgehead atoms. The van der Waals surface area contributed by atoms with Crippen molar-refractivity contribution in [2.75, 3.05) is 31.0 Å². The Morgan fingerprint density at radius 3 is 2.30 bits per heavy atom. The number of carbonyl (C=O) groups excluding carboxylic acids is 1. The number of aryl methyl sites for hydroxylation is 1. The molecule has 30 heavy (non-hydrogen) atoms. The summed E-state index contributed by atoms with van der Waals surface area (Å²) in [6, 6.07) is 9.85. The average Bonchev–Trinajstić information content (AvgIpc) is 3.18. The van der Waals surface area contributed by atoms with Crippen LogP contribution in [-0.4, -0.2) is 51.3 Å². The van der Waals surface area contributed by atoms with E-state index >= 15 is 0 Å². The Kier molecular flexibility index (Phi) is 5.52. The number of rotatable bonds is 4. The second kappa shape index (κ2) is 7.98. The third-order valence-corrected chi connectivity index (χ3v) is 6.83. The molecule has 2 heterocycles. The van der Waals surface area contributed by atoms with Crippen LogP contribution in [0.2, 0.25) is 0 Å². The van der Waals surface area contributed by atoms with Gasteiger partial charge in [-0.05, 0) is 55.0 Å². The molecule has 2 aromatic carbocycles. The van der Waals surface area contributed by atoms with Gasteiger partial charge in [0.05, 0.1) is 18.1 Å². The number of hydrogen-bond acceptors (Lipinski definition) is 5. The number of benzene rings is 2. The monoisotopic (exact) mass is 434 g/mol. The Hall–Kier alpha value is -2.49. The van der Waals surface area contributed by atoms with Crippen LogP contribution in [0.25, 0.3) is 0 Å². The molecular weight excluding hydrogens is 411 g/mol. The minimum atomic E-state index is -3.86. The number of carbonyl (C=O) groups is 1. The Labute approximate surface area is 174 Å². The number of piperidine rings is 1. The minimum absolute atomic E-state index is 0.0276. The van der Waals surface area contributed by atoms with Gasteiger partial charge in [-0.3, -0.25) is 9.52 Å². The van der Waals surface area contributed by atoms with Gasteiger partial charge in [-0.25, -0.2) is 12.8 Å². The van der Waals surface area contributed by atoms with Crippen LogP contribution in [-0.2, 0) is 19.5 Å². The van der Waals surface area contributed by atoms with Crippen molar-refractivity contribution in [2.45, 2.75) is 30.4 Å². The van der Waals surface area contributed by atoms with Gasteiger partial charge in [0.2, 0.25) is 0 Å². The van der Waals surface area contributed by atoms with Crippen molar-refractivity contribution in [3.63, 3.8) is 0 Å². The predicted octanol–water partition coefficient (Wildman–Crippen LogP) is 2.91. The van der Waals surface area contributed by atoms with Gasteiger partial charge in [-0.2, -0.15) is 0 Å². The molecule has 1 spiro atoms. The zero-order valence-corrected chi connectivity index (χ0v) is 17.4. The van der Waals surface area contributed by atoms with Crippen LogP contribution < -0.4 is 4.72 Å². The average molecular weight is 434 g/mol. The molecule has 2 saturated heterocycles. The molecule has 0 radical (unpaired) electrons. The largest absolute Gasteiger partial charge is 0.347 e. The maximum atomic E-state index is 13.4. The van der Waals surface area contributed by atoms with Crippen molar-refractivity contribution in [1.29, 1.82) is 0 Å². The molecule has 0 atom stereocenters. The molecule has 0 saturated carbocycles. The molecule has 2 aliphatic heterocycles. The number of likely N-dealkylation sites (tertiary alicyclic amines) is 1. The van der Waals surface area contributed by atoms with Crippen LogP contribution in [0.5, 0.6) is 0 Å². The summed E-state index contributed by atoms with van der Waals surface area (Å²) in [5, 5.41) is 0. The lowest BCUT2D eigenvalue weighted by molar-refractivity contribution is -0.181. The van der Waals surface area contributed by atoms with Crippen LogP contribution in [0.1, 0.15) is 28.8 Å². The smallest absolute Gasteiger partial charge is 0.261 e. The molecule has 1 N–H and O–H groups in total. The van der Waals surface area contributed by atoms with Crippen molar-refractivity contribution < 1.29 is 27.1 Å². The molecule has 0 aromatic heterocycles. The standard InChI is InChI=1S/C21H23FN2O5S/c1-15-14-18(6-7-19(15)22)30(26,27)23-17-4-2-16(3-5-17)20(25)24-10-8-21(9-11-24)28-12-13-29-21/h2-7,14,23H,8-13H2,1H3. The first-order valence-corrected chi connectivity index (χ1v) is 11.2. The summed E-state index contributed by atoms with van der Waals surface area (Å²) in [7, 11) is -3.86. The van der Waals surface area contributed by atoms with Gasteiger partial charge in [0.15, 0.2) is 5.79 Å². The molecule has 9 heteroatoms. The minimum Gasteiger partial charge on any atom is -0.347 e. The third-order valence-electron chi connectivity index (χ3n) is 5.45. The second-order valence-corrected chi connectivity index (χ2v) is 9.18. The number of ether oxygens (including phenoxy) is 2. The van der Waals surface area contributed by atoms with E-state index in [2.05, 4.69) is 4.72 Å². The van der Waals surface area contributed by atoms with Crippen molar-refractivity contribution in [3.8, 4) is 0 Å². The first-order chi connectivity index (χ1) is 14.3. The molecule has 2 fully saturated rings. The van der Waals surface area contributed by atoms with E-state index in [1.165, 1.54) is 31.2 Å². The van der Waals surface area contributed by atoms with Gasteiger partial charge in [0.1, 0.15) is 5.82 Å². The van der Waals surface area contributed by atoms with E-state index in [1.807, 2.05) is 0 Å². The van der Waals surface area contributed by atoms with Gasteiger partial charge >= 0.3 is 0 Å². The van der Waals surface area contributed by atoms with Crippen LogP contribution in [0.3, 0.4) is 0 Å². The van der Waals surface area contributed by atoms with Crippen molar-refractivity contribution in [3.05, 3.63) is 59.4 Å². The van der Waals surface area contributed by atoms with Gasteiger partial charge in [0, 0.05) is 37.2 Å². The molecule has 2 aliphatic rings. The fourth-order valence-corrected chi connectivity index (χ4v) is 4.84. The topological polar surface area (TPSA) is 84.9 Å². The first-order valence-electron chi connectivity index (χ1n) is 9.74. The second-order valence-electron chi connectivity index (χ2n) is 7.49. The lowest BCUT2D eigenvalue weighted by Gasteiger charge is -2.37. The van der Waals surface area contributed by atoms with E-state index in [4.69, 9.17) is 9.47 Å². The summed E-state index contributed by atoms with van der Waals surface area (Å²) in [5.74, 6) is -1.13. The van der Waals surface area contributed by atoms with Gasteiger partial charge in [0.25, 0.3) is 15.9 Å². The van der Waals surface area contributed by atoms with Crippen molar-refractivity contribution in [2.24, 2.45) is 0 Å². The SMILES string of the molecule is Cc1cc(S(=O)(=O)Nc2ccc(C(=O)N3CCC4(CC3)OCCO4)cc2)ccc1F. The zero-order chi connectivity index (χ0) is 21.4. The highest BCUT2D eigenvalue weighted by molar-refractivity contribution is 7.92. The molecular formula is C21H23FN2O5S. The highest BCUT2D eigenvalue weighted by Crippen LogP contribution is 2.31. The first kappa shape index (κ1) is 20.8. The Morgan fingerprint density at radius 1 is 1.07 bits per heavy atom. The summed E-state index contributed by atoms with van der Waals surface area (Å²) in [6.07, 6.45) is 1.27. The number of nitrogens with one attached hydrogen (secondary N) is 1. The summed E-state index contributed by atoms with van der Waals surface area (Å²) in [4.78, 5) is 14.5. The summed E-state index contributed by atoms with van der Waals surface area (Å²) in [6.45, 7) is 3.75. The maximum Gasteiger partial charge on any atom is 0.261 e. The third kappa shape index (κ3) is 4.19. The van der Waals surface area contributed by atoms with Crippen molar-refractivity contribution in [1.82, 2.24) is 4.90 Å². The molecule has 4 rings (SSSR count). The summed E-state index contributed by atoms with van der Waals surface area (Å²) < 4.78 is 52.3. The lowest BCUT2D eigenvalue weighted by atomic mass is 10.0. The zero-order valence-electron chi connectivity index (χ0n) is 16.6. The van der Waals surface area contributed by atoms with Crippen molar-refractivity contribution >= 4 is 21.6 Å². The van der Waals surface area contributed by atoms with E-state index in [-0.39, 0.29) is 16.4 Å². The fraction of sp³-hybridized carbons (Fsp3) is 0.381. The van der Waals surface area contributed by atoms with Crippen LogP contribution in [0.15, 0.2) is 47.4 Å². The highest BCUT2D eigenvalue weighted by atomic mass is 32.2. The molecule has 0 aliphatic carbocycles. The highest BCUT2D eigenvalue weighted by Gasteiger charge is 2.40. The quantitative estimate of drug-likeness (QED) is 0.800. The predicted molar refractivity (Wildman–Crippen MR) is 108 cm³/mol. The normalized spacial score (nSPS) is 18.5. The molecule has 160 valence electrons. The lowest BCUT2D eigenvalue weighted by Crippen LogP contribution is -2.47.